The molecule has 0 aromatic carbocycles. The lowest BCUT2D eigenvalue weighted by atomic mass is 9.76. The molecule has 0 fully saturated rings. The third kappa shape index (κ3) is 8.62. The molecule has 0 radical (unpaired) electrons. The number of hydrogen-bond donors (Lipinski definition) is 1. The average Bonchev–Trinajstić information content (AvgIpc) is 2.13. The molecule has 0 saturated carbocycles. The Morgan fingerprint density at radius 1 is 1.12 bits per heavy atom. The minimum atomic E-state index is 0.399. The summed E-state index contributed by atoms with van der Waals surface area (Å²) in [5.41, 5.74) is 6.11. The van der Waals surface area contributed by atoms with Gasteiger partial charge in [-0.15, -0.1) is 0 Å². The highest BCUT2D eigenvalue weighted by atomic mass is 15.1. The molecule has 2 nitrogen and oxygen atoms in total. The number of nitrogens with two attached hydrogens (primary N) is 1. The van der Waals surface area contributed by atoms with Gasteiger partial charge in [-0.1, -0.05) is 34.6 Å². The fourth-order valence-corrected chi connectivity index (χ4v) is 2.53. The zero-order chi connectivity index (χ0) is 13.5. The summed E-state index contributed by atoms with van der Waals surface area (Å²) in [6, 6.07) is 0. The van der Waals surface area contributed by atoms with E-state index in [9.17, 15) is 0 Å². The van der Waals surface area contributed by atoms with Crippen LogP contribution in [0.5, 0.6) is 0 Å². The summed E-state index contributed by atoms with van der Waals surface area (Å²) in [6.07, 6.45) is 3.77. The van der Waals surface area contributed by atoms with Crippen LogP contribution in [0, 0.1) is 17.3 Å². The molecule has 0 rings (SSSR count). The summed E-state index contributed by atoms with van der Waals surface area (Å²) in [4.78, 5) is 2.45. The van der Waals surface area contributed by atoms with Gasteiger partial charge in [-0.25, -0.2) is 0 Å². The summed E-state index contributed by atoms with van der Waals surface area (Å²) in [5, 5.41) is 0. The van der Waals surface area contributed by atoms with Crippen LogP contribution < -0.4 is 5.73 Å². The molecule has 17 heavy (non-hydrogen) atoms. The van der Waals surface area contributed by atoms with Crippen molar-refractivity contribution in [3.63, 3.8) is 0 Å². The van der Waals surface area contributed by atoms with E-state index in [0.29, 0.717) is 5.41 Å². The standard InChI is InChI=1S/C15H34N2/c1-13(2)12-17(6)11-7-8-14(9-10-16)15(3,4)5/h13-14H,7-12,16H2,1-6H3. The molecule has 0 saturated heterocycles. The predicted molar refractivity (Wildman–Crippen MR) is 78.2 cm³/mol. The van der Waals surface area contributed by atoms with Crippen LogP contribution in [-0.2, 0) is 0 Å². The van der Waals surface area contributed by atoms with E-state index < -0.39 is 0 Å². The lowest BCUT2D eigenvalue weighted by molar-refractivity contribution is 0.197. The minimum Gasteiger partial charge on any atom is -0.330 e. The largest absolute Gasteiger partial charge is 0.330 e. The van der Waals surface area contributed by atoms with Crippen molar-refractivity contribution in [1.29, 1.82) is 0 Å². The first-order valence-corrected chi connectivity index (χ1v) is 7.16. The zero-order valence-corrected chi connectivity index (χ0v) is 12.9. The van der Waals surface area contributed by atoms with E-state index >= 15 is 0 Å². The summed E-state index contributed by atoms with van der Waals surface area (Å²) in [5.74, 6) is 1.53. The number of hydrogen-bond acceptors (Lipinski definition) is 2. The van der Waals surface area contributed by atoms with Crippen molar-refractivity contribution in [2.24, 2.45) is 23.0 Å². The van der Waals surface area contributed by atoms with Crippen molar-refractivity contribution in [3.05, 3.63) is 0 Å². The predicted octanol–water partition coefficient (Wildman–Crippen LogP) is 3.37. The molecule has 2 N–H and O–H groups in total. The van der Waals surface area contributed by atoms with Gasteiger partial charge >= 0.3 is 0 Å². The van der Waals surface area contributed by atoms with E-state index in [1.165, 1.54) is 25.9 Å². The molecule has 0 aromatic heterocycles. The topological polar surface area (TPSA) is 29.3 Å². The third-order valence-electron chi connectivity index (χ3n) is 3.51. The molecule has 104 valence electrons. The Hall–Kier alpha value is -0.0800. The van der Waals surface area contributed by atoms with Crippen LogP contribution in [0.15, 0.2) is 0 Å². The van der Waals surface area contributed by atoms with Gasteiger partial charge in [0.05, 0.1) is 0 Å². The fourth-order valence-electron chi connectivity index (χ4n) is 2.53. The maximum absolute atomic E-state index is 5.71. The van der Waals surface area contributed by atoms with E-state index in [0.717, 1.165) is 24.8 Å². The molecule has 0 aliphatic rings. The SMILES string of the molecule is CC(C)CN(C)CCCC(CCN)C(C)(C)C. The Kier molecular flexibility index (Phi) is 8.06. The van der Waals surface area contributed by atoms with Crippen molar-refractivity contribution in [3.8, 4) is 0 Å². The van der Waals surface area contributed by atoms with Gasteiger partial charge in [0.25, 0.3) is 0 Å². The monoisotopic (exact) mass is 242 g/mol. The minimum absolute atomic E-state index is 0.399. The summed E-state index contributed by atoms with van der Waals surface area (Å²) in [6.45, 7) is 14.8. The smallest absolute Gasteiger partial charge is 0.000133 e. The van der Waals surface area contributed by atoms with Crippen molar-refractivity contribution < 1.29 is 0 Å². The third-order valence-corrected chi connectivity index (χ3v) is 3.51. The van der Waals surface area contributed by atoms with Gasteiger partial charge in [-0.2, -0.15) is 0 Å². The van der Waals surface area contributed by atoms with Crippen LogP contribution in [0.25, 0.3) is 0 Å². The number of nitrogens with zero attached hydrogens (tertiary/aromatic N) is 1. The van der Waals surface area contributed by atoms with Gasteiger partial charge in [0, 0.05) is 6.54 Å². The van der Waals surface area contributed by atoms with Crippen LogP contribution in [-0.4, -0.2) is 31.6 Å². The van der Waals surface area contributed by atoms with E-state index in [4.69, 9.17) is 5.73 Å². The Morgan fingerprint density at radius 3 is 2.12 bits per heavy atom. The molecule has 0 amide bonds. The zero-order valence-electron chi connectivity index (χ0n) is 12.9. The summed E-state index contributed by atoms with van der Waals surface area (Å²) >= 11 is 0. The second-order valence-corrected chi connectivity index (χ2v) is 6.94. The number of rotatable bonds is 8. The highest BCUT2D eigenvalue weighted by Gasteiger charge is 2.23. The lowest BCUT2D eigenvalue weighted by Gasteiger charge is -2.31. The van der Waals surface area contributed by atoms with Crippen LogP contribution in [0.3, 0.4) is 0 Å². The van der Waals surface area contributed by atoms with Crippen molar-refractivity contribution in [1.82, 2.24) is 4.90 Å². The molecule has 1 unspecified atom stereocenters. The molecule has 1 atom stereocenters. The molecular formula is C15H34N2. The van der Waals surface area contributed by atoms with Crippen molar-refractivity contribution in [2.45, 2.75) is 53.9 Å². The van der Waals surface area contributed by atoms with Crippen molar-refractivity contribution >= 4 is 0 Å². The molecule has 0 heterocycles. The maximum Gasteiger partial charge on any atom is 0.000133 e. The lowest BCUT2D eigenvalue weighted by Crippen LogP contribution is -2.27. The van der Waals surface area contributed by atoms with Crippen molar-refractivity contribution in [2.75, 3.05) is 26.7 Å². The first-order valence-electron chi connectivity index (χ1n) is 7.16. The van der Waals surface area contributed by atoms with Crippen LogP contribution in [0.4, 0.5) is 0 Å². The van der Waals surface area contributed by atoms with Gasteiger partial charge in [0.15, 0.2) is 0 Å². The second-order valence-electron chi connectivity index (χ2n) is 6.94. The Labute approximate surface area is 109 Å². The summed E-state index contributed by atoms with van der Waals surface area (Å²) < 4.78 is 0. The molecule has 0 bridgehead atoms. The van der Waals surface area contributed by atoms with E-state index in [2.05, 4.69) is 46.6 Å². The van der Waals surface area contributed by atoms with E-state index in [1.54, 1.807) is 0 Å². The molecule has 0 spiro atoms. The van der Waals surface area contributed by atoms with E-state index in [1.807, 2.05) is 0 Å². The maximum atomic E-state index is 5.71. The van der Waals surface area contributed by atoms with Gasteiger partial charge in [-0.05, 0) is 56.7 Å². The molecule has 0 aliphatic carbocycles. The molecular weight excluding hydrogens is 208 g/mol. The molecule has 2 heteroatoms. The van der Waals surface area contributed by atoms with Crippen LogP contribution in [0.1, 0.15) is 53.9 Å². The molecule has 0 aromatic rings. The Bertz CT molecular complexity index is 182. The molecule has 0 aliphatic heterocycles. The summed E-state index contributed by atoms with van der Waals surface area (Å²) in [7, 11) is 2.23. The highest BCUT2D eigenvalue weighted by molar-refractivity contribution is 4.74. The highest BCUT2D eigenvalue weighted by Crippen LogP contribution is 2.32. The van der Waals surface area contributed by atoms with Crippen LogP contribution in [0.2, 0.25) is 0 Å². The Morgan fingerprint density at radius 2 is 1.71 bits per heavy atom. The van der Waals surface area contributed by atoms with Gasteiger partial charge in [0.1, 0.15) is 0 Å². The average molecular weight is 242 g/mol. The van der Waals surface area contributed by atoms with Crippen LogP contribution >= 0.6 is 0 Å². The fraction of sp³-hybridized carbons (Fsp3) is 1.00. The van der Waals surface area contributed by atoms with Gasteiger partial charge in [0.2, 0.25) is 0 Å². The quantitative estimate of drug-likeness (QED) is 0.707. The Balaban J connectivity index is 3.90. The second kappa shape index (κ2) is 8.10. The van der Waals surface area contributed by atoms with Gasteiger partial charge < -0.3 is 10.6 Å². The normalized spacial score (nSPS) is 14.6. The first kappa shape index (κ1) is 16.9. The van der Waals surface area contributed by atoms with Gasteiger partial charge in [-0.3, -0.25) is 0 Å². The first-order chi connectivity index (χ1) is 7.77. The van der Waals surface area contributed by atoms with E-state index in [-0.39, 0.29) is 0 Å².